The third-order valence-electron chi connectivity index (χ3n) is 1.58. The first kappa shape index (κ1) is 15.1. The van der Waals surface area contributed by atoms with Crippen LogP contribution in [0.1, 0.15) is 26.7 Å². The van der Waals surface area contributed by atoms with Crippen molar-refractivity contribution < 1.29 is 0 Å². The zero-order chi connectivity index (χ0) is 10.7. The number of nitrogens with one attached hydrogen (secondary N) is 1. The highest BCUT2D eigenvalue weighted by atomic mass is 15.0. The Labute approximate surface area is 84.0 Å². The minimum Gasteiger partial charge on any atom is -0.315 e. The number of unbranched alkanes of at least 4 members (excludes halogenated alkanes) is 1. The van der Waals surface area contributed by atoms with Crippen LogP contribution in [0.25, 0.3) is 0 Å². The average molecular weight is 186 g/mol. The number of hydrogen-bond acceptors (Lipinski definition) is 2. The van der Waals surface area contributed by atoms with E-state index in [4.69, 9.17) is 0 Å². The molecule has 1 N–H and O–H groups in total. The molecule has 0 aromatic heterocycles. The largest absolute Gasteiger partial charge is 0.315 e. The van der Waals surface area contributed by atoms with E-state index in [1.807, 2.05) is 0 Å². The van der Waals surface area contributed by atoms with Crippen molar-refractivity contribution in [3.8, 4) is 0 Å². The summed E-state index contributed by atoms with van der Waals surface area (Å²) in [4.78, 5) is 2.23. The van der Waals surface area contributed by atoms with E-state index < -0.39 is 0 Å². The lowest BCUT2D eigenvalue weighted by Crippen LogP contribution is -2.24. The monoisotopic (exact) mass is 186 g/mol. The predicted octanol–water partition coefficient (Wildman–Crippen LogP) is 2.13. The molecule has 0 aliphatic rings. The highest BCUT2D eigenvalue weighted by Crippen LogP contribution is 1.89. The summed E-state index contributed by atoms with van der Waals surface area (Å²) in [6.45, 7) is 12.7. The summed E-state index contributed by atoms with van der Waals surface area (Å²) in [5.41, 5.74) is 0. The molecular weight excluding hydrogens is 160 g/mol. The highest BCUT2D eigenvalue weighted by Gasteiger charge is 1.92. The Morgan fingerprint density at radius 3 is 2.08 bits per heavy atom. The Morgan fingerprint density at radius 1 is 1.15 bits per heavy atom. The Morgan fingerprint density at radius 2 is 1.69 bits per heavy atom. The van der Waals surface area contributed by atoms with Crippen LogP contribution < -0.4 is 5.32 Å². The van der Waals surface area contributed by atoms with Crippen LogP contribution >= 0.6 is 0 Å². The van der Waals surface area contributed by atoms with Crippen molar-refractivity contribution in [2.24, 2.45) is 0 Å². The summed E-state index contributed by atoms with van der Waals surface area (Å²) >= 11 is 0. The van der Waals surface area contributed by atoms with Crippen molar-refractivity contribution >= 4 is 0 Å². The van der Waals surface area contributed by atoms with E-state index in [1.165, 1.54) is 19.4 Å². The SMILES string of the molecule is C=C.CC(C)NCCCCN(C)C. The molecule has 0 aliphatic carbocycles. The first-order valence-corrected chi connectivity index (χ1v) is 5.01. The molecule has 0 aromatic carbocycles. The fourth-order valence-corrected chi connectivity index (χ4v) is 0.944. The molecule has 0 radical (unpaired) electrons. The lowest BCUT2D eigenvalue weighted by Gasteiger charge is -2.10. The first-order chi connectivity index (χ1) is 6.13. The van der Waals surface area contributed by atoms with Crippen LogP contribution in [0.15, 0.2) is 13.2 Å². The number of hydrogen-bond donors (Lipinski definition) is 1. The van der Waals surface area contributed by atoms with Gasteiger partial charge in [0.25, 0.3) is 0 Å². The fourth-order valence-electron chi connectivity index (χ4n) is 0.944. The maximum atomic E-state index is 3.40. The van der Waals surface area contributed by atoms with Crippen molar-refractivity contribution in [1.29, 1.82) is 0 Å². The smallest absolute Gasteiger partial charge is 0.00103 e. The number of rotatable bonds is 6. The van der Waals surface area contributed by atoms with E-state index in [-0.39, 0.29) is 0 Å². The highest BCUT2D eigenvalue weighted by molar-refractivity contribution is 4.53. The van der Waals surface area contributed by atoms with Crippen LogP contribution in [0.2, 0.25) is 0 Å². The quantitative estimate of drug-likeness (QED) is 0.505. The van der Waals surface area contributed by atoms with Crippen molar-refractivity contribution in [3.63, 3.8) is 0 Å². The zero-order valence-corrected chi connectivity index (χ0v) is 9.77. The molecule has 0 unspecified atom stereocenters. The molecule has 13 heavy (non-hydrogen) atoms. The molecule has 0 bridgehead atoms. The molecule has 2 heteroatoms. The molecule has 0 saturated carbocycles. The Balaban J connectivity index is 0. The Kier molecular flexibility index (Phi) is 13.6. The lowest BCUT2D eigenvalue weighted by molar-refractivity contribution is 0.389. The van der Waals surface area contributed by atoms with Crippen LogP contribution in [0, 0.1) is 0 Å². The third-order valence-corrected chi connectivity index (χ3v) is 1.58. The van der Waals surface area contributed by atoms with Gasteiger partial charge in [0.2, 0.25) is 0 Å². The molecule has 0 aliphatic heterocycles. The number of nitrogens with zero attached hydrogens (tertiary/aromatic N) is 1. The van der Waals surface area contributed by atoms with Crippen molar-refractivity contribution in [1.82, 2.24) is 10.2 Å². The minimum absolute atomic E-state index is 0.634. The molecule has 80 valence electrons. The minimum atomic E-state index is 0.634. The van der Waals surface area contributed by atoms with Gasteiger partial charge in [-0.1, -0.05) is 13.8 Å². The van der Waals surface area contributed by atoms with Gasteiger partial charge in [0.15, 0.2) is 0 Å². The van der Waals surface area contributed by atoms with Crippen molar-refractivity contribution in [2.75, 3.05) is 27.2 Å². The van der Waals surface area contributed by atoms with E-state index >= 15 is 0 Å². The summed E-state index contributed by atoms with van der Waals surface area (Å²) in [5, 5.41) is 3.40. The van der Waals surface area contributed by atoms with Crippen LogP contribution in [0.4, 0.5) is 0 Å². The Bertz CT molecular complexity index is 80.1. The first-order valence-electron chi connectivity index (χ1n) is 5.01. The van der Waals surface area contributed by atoms with Gasteiger partial charge in [0.1, 0.15) is 0 Å². The summed E-state index contributed by atoms with van der Waals surface area (Å²) in [6.07, 6.45) is 2.59. The van der Waals surface area contributed by atoms with Crippen LogP contribution in [0.5, 0.6) is 0 Å². The molecule has 0 rings (SSSR count). The van der Waals surface area contributed by atoms with Gasteiger partial charge in [-0.3, -0.25) is 0 Å². The third kappa shape index (κ3) is 18.5. The summed E-state index contributed by atoms with van der Waals surface area (Å²) in [5.74, 6) is 0. The molecular formula is C11H26N2. The summed E-state index contributed by atoms with van der Waals surface area (Å²) < 4.78 is 0. The normalized spacial score (nSPS) is 10.0. The van der Waals surface area contributed by atoms with Gasteiger partial charge in [-0.2, -0.15) is 0 Å². The van der Waals surface area contributed by atoms with Gasteiger partial charge in [-0.15, -0.1) is 13.2 Å². The predicted molar refractivity (Wildman–Crippen MR) is 62.2 cm³/mol. The second kappa shape index (κ2) is 11.7. The molecule has 0 fully saturated rings. The second-order valence-corrected chi connectivity index (χ2v) is 3.62. The van der Waals surface area contributed by atoms with Gasteiger partial charge in [0.05, 0.1) is 0 Å². The zero-order valence-electron chi connectivity index (χ0n) is 9.77. The van der Waals surface area contributed by atoms with E-state index in [1.54, 1.807) is 0 Å². The topological polar surface area (TPSA) is 15.3 Å². The van der Waals surface area contributed by atoms with E-state index in [9.17, 15) is 0 Å². The fraction of sp³-hybridized carbons (Fsp3) is 0.818. The van der Waals surface area contributed by atoms with Crippen molar-refractivity contribution in [2.45, 2.75) is 32.7 Å². The molecule has 0 saturated heterocycles. The molecule has 2 nitrogen and oxygen atoms in total. The van der Waals surface area contributed by atoms with E-state index in [0.717, 1.165) is 6.54 Å². The average Bonchev–Trinajstić information content (AvgIpc) is 2.06. The van der Waals surface area contributed by atoms with Crippen LogP contribution in [-0.4, -0.2) is 38.1 Å². The van der Waals surface area contributed by atoms with Gasteiger partial charge in [0, 0.05) is 6.04 Å². The van der Waals surface area contributed by atoms with Crippen molar-refractivity contribution in [3.05, 3.63) is 13.2 Å². The van der Waals surface area contributed by atoms with Gasteiger partial charge in [-0.05, 0) is 40.0 Å². The second-order valence-electron chi connectivity index (χ2n) is 3.62. The maximum absolute atomic E-state index is 3.40. The molecule has 0 heterocycles. The standard InChI is InChI=1S/C9H22N2.C2H4/c1-9(2)10-7-5-6-8-11(3)4;1-2/h9-10H,5-8H2,1-4H3;1-2H2. The van der Waals surface area contributed by atoms with E-state index in [2.05, 4.69) is 51.3 Å². The van der Waals surface area contributed by atoms with Crippen LogP contribution in [0.3, 0.4) is 0 Å². The van der Waals surface area contributed by atoms with Gasteiger partial charge in [-0.25, -0.2) is 0 Å². The Hall–Kier alpha value is -0.340. The molecule has 0 amide bonds. The summed E-state index contributed by atoms with van der Waals surface area (Å²) in [7, 11) is 4.24. The van der Waals surface area contributed by atoms with Gasteiger partial charge < -0.3 is 10.2 Å². The lowest BCUT2D eigenvalue weighted by atomic mass is 10.3. The maximum Gasteiger partial charge on any atom is 0.00103 e. The molecule has 0 atom stereocenters. The molecule has 0 spiro atoms. The van der Waals surface area contributed by atoms with Gasteiger partial charge >= 0.3 is 0 Å². The van der Waals surface area contributed by atoms with E-state index in [0.29, 0.717) is 6.04 Å². The molecule has 0 aromatic rings. The van der Waals surface area contributed by atoms with Crippen LogP contribution in [-0.2, 0) is 0 Å². The summed E-state index contributed by atoms with van der Waals surface area (Å²) in [6, 6.07) is 0.634.